The van der Waals surface area contributed by atoms with Crippen molar-refractivity contribution < 1.29 is 4.74 Å². The van der Waals surface area contributed by atoms with E-state index in [1.165, 1.54) is 4.68 Å². The quantitative estimate of drug-likeness (QED) is 0.316. The normalized spacial score (nSPS) is 12.8. The molecular formula is C22H22Br2ClN3O2. The summed E-state index contributed by atoms with van der Waals surface area (Å²) in [5, 5.41) is 5.42. The van der Waals surface area contributed by atoms with E-state index < -0.39 is 0 Å². The van der Waals surface area contributed by atoms with Crippen LogP contribution >= 0.6 is 43.5 Å². The lowest BCUT2D eigenvalue weighted by atomic mass is 10.2. The van der Waals surface area contributed by atoms with Crippen LogP contribution < -0.4 is 10.3 Å². The molecule has 0 amide bonds. The SMILES string of the molecule is CC[C@@H](C)Oc1c(Cl)cc(C=Nn2c(C(C)C)nc3ccc(Br)cc3c2=O)cc1Br. The highest BCUT2D eigenvalue weighted by Crippen LogP contribution is 2.35. The Labute approximate surface area is 197 Å². The van der Waals surface area contributed by atoms with Crippen LogP contribution in [0.3, 0.4) is 0 Å². The molecule has 158 valence electrons. The molecule has 30 heavy (non-hydrogen) atoms. The second kappa shape index (κ2) is 9.62. The molecule has 0 radical (unpaired) electrons. The summed E-state index contributed by atoms with van der Waals surface area (Å²) >= 11 is 13.4. The van der Waals surface area contributed by atoms with Crippen LogP contribution in [0.1, 0.15) is 51.4 Å². The van der Waals surface area contributed by atoms with E-state index in [9.17, 15) is 4.79 Å². The molecule has 0 aliphatic carbocycles. The number of halogens is 3. The van der Waals surface area contributed by atoms with Gasteiger partial charge in [0.15, 0.2) is 5.75 Å². The number of rotatable bonds is 6. The Morgan fingerprint density at radius 3 is 2.60 bits per heavy atom. The number of aromatic nitrogens is 2. The van der Waals surface area contributed by atoms with Gasteiger partial charge in [-0.05, 0) is 65.2 Å². The van der Waals surface area contributed by atoms with Gasteiger partial charge in [-0.15, -0.1) is 0 Å². The number of benzene rings is 2. The molecule has 8 heteroatoms. The lowest BCUT2D eigenvalue weighted by Gasteiger charge is -2.16. The topological polar surface area (TPSA) is 56.5 Å². The van der Waals surface area contributed by atoms with Gasteiger partial charge in [0.25, 0.3) is 5.56 Å². The monoisotopic (exact) mass is 553 g/mol. The van der Waals surface area contributed by atoms with Crippen molar-refractivity contribution in [3.63, 3.8) is 0 Å². The molecule has 0 fully saturated rings. The molecule has 0 aliphatic heterocycles. The van der Waals surface area contributed by atoms with E-state index in [0.717, 1.165) is 20.9 Å². The summed E-state index contributed by atoms with van der Waals surface area (Å²) in [6.07, 6.45) is 2.52. The summed E-state index contributed by atoms with van der Waals surface area (Å²) in [6.45, 7) is 8.00. The van der Waals surface area contributed by atoms with E-state index >= 15 is 0 Å². The Morgan fingerprint density at radius 1 is 1.23 bits per heavy atom. The van der Waals surface area contributed by atoms with Crippen molar-refractivity contribution in [2.75, 3.05) is 0 Å². The van der Waals surface area contributed by atoms with Crippen LogP contribution in [-0.4, -0.2) is 22.0 Å². The molecule has 0 saturated heterocycles. The van der Waals surface area contributed by atoms with Crippen molar-refractivity contribution >= 4 is 60.6 Å². The minimum atomic E-state index is -0.219. The fraction of sp³-hybridized carbons (Fsp3) is 0.318. The number of fused-ring (bicyclic) bond motifs is 1. The summed E-state index contributed by atoms with van der Waals surface area (Å²) in [5.41, 5.74) is 1.16. The Hall–Kier alpha value is -1.70. The Balaban J connectivity index is 2.06. The zero-order valence-electron chi connectivity index (χ0n) is 17.1. The first-order chi connectivity index (χ1) is 14.2. The average molecular weight is 556 g/mol. The van der Waals surface area contributed by atoms with E-state index in [2.05, 4.69) is 41.9 Å². The van der Waals surface area contributed by atoms with Gasteiger partial charge in [-0.1, -0.05) is 48.3 Å². The molecule has 0 N–H and O–H groups in total. The lowest BCUT2D eigenvalue weighted by Crippen LogP contribution is -2.23. The van der Waals surface area contributed by atoms with Crippen molar-refractivity contribution in [3.8, 4) is 5.75 Å². The summed E-state index contributed by atoms with van der Waals surface area (Å²) in [7, 11) is 0. The second-order valence-corrected chi connectivity index (χ2v) is 9.48. The second-order valence-electron chi connectivity index (χ2n) is 7.30. The van der Waals surface area contributed by atoms with Gasteiger partial charge in [0, 0.05) is 10.4 Å². The van der Waals surface area contributed by atoms with Crippen LogP contribution in [0, 0.1) is 0 Å². The number of hydrogen-bond donors (Lipinski definition) is 0. The fourth-order valence-corrected chi connectivity index (χ4v) is 4.15. The molecule has 3 aromatic rings. The molecule has 0 aliphatic rings. The first-order valence-electron chi connectivity index (χ1n) is 9.63. The van der Waals surface area contributed by atoms with Crippen molar-refractivity contribution in [2.24, 2.45) is 5.10 Å². The zero-order valence-corrected chi connectivity index (χ0v) is 21.0. The van der Waals surface area contributed by atoms with Crippen LogP contribution in [0.25, 0.3) is 10.9 Å². The Morgan fingerprint density at radius 2 is 1.97 bits per heavy atom. The minimum Gasteiger partial charge on any atom is -0.488 e. The van der Waals surface area contributed by atoms with Gasteiger partial charge in [-0.3, -0.25) is 4.79 Å². The van der Waals surface area contributed by atoms with Gasteiger partial charge in [-0.25, -0.2) is 4.98 Å². The standard InChI is InChI=1S/C22H22Br2ClN3O2/c1-5-13(4)30-20-17(24)8-14(9-18(20)25)11-26-28-21(12(2)3)27-19-7-6-15(23)10-16(19)22(28)29/h6-13H,5H2,1-4H3/t13-/m1/s1. The number of hydrogen-bond acceptors (Lipinski definition) is 4. The van der Waals surface area contributed by atoms with Crippen molar-refractivity contribution in [1.29, 1.82) is 0 Å². The van der Waals surface area contributed by atoms with E-state index in [1.807, 2.05) is 45.9 Å². The smallest absolute Gasteiger partial charge is 0.282 e. The highest BCUT2D eigenvalue weighted by atomic mass is 79.9. The first kappa shape index (κ1) is 23.0. The maximum atomic E-state index is 13.1. The molecule has 1 atom stereocenters. The van der Waals surface area contributed by atoms with Gasteiger partial charge in [0.05, 0.1) is 32.7 Å². The van der Waals surface area contributed by atoms with Crippen LogP contribution in [0.15, 0.2) is 49.2 Å². The Kier molecular flexibility index (Phi) is 7.37. The van der Waals surface area contributed by atoms with Gasteiger partial charge in [-0.2, -0.15) is 9.78 Å². The highest BCUT2D eigenvalue weighted by molar-refractivity contribution is 9.10. The van der Waals surface area contributed by atoms with Crippen LogP contribution in [0.4, 0.5) is 0 Å². The molecule has 1 heterocycles. The third-order valence-electron chi connectivity index (χ3n) is 4.59. The van der Waals surface area contributed by atoms with E-state index in [0.29, 0.717) is 27.5 Å². The average Bonchev–Trinajstić information content (AvgIpc) is 2.69. The molecule has 0 bridgehead atoms. The largest absolute Gasteiger partial charge is 0.488 e. The molecule has 2 aromatic carbocycles. The zero-order chi connectivity index (χ0) is 22.0. The first-order valence-corrected chi connectivity index (χ1v) is 11.6. The molecule has 5 nitrogen and oxygen atoms in total. The van der Waals surface area contributed by atoms with Crippen molar-refractivity contribution in [3.05, 3.63) is 66.0 Å². The predicted octanol–water partition coefficient (Wildman–Crippen LogP) is 6.76. The number of nitrogens with zero attached hydrogens (tertiary/aromatic N) is 3. The fourth-order valence-electron chi connectivity index (χ4n) is 2.83. The van der Waals surface area contributed by atoms with E-state index in [1.54, 1.807) is 18.3 Å². The maximum Gasteiger partial charge on any atom is 0.282 e. The lowest BCUT2D eigenvalue weighted by molar-refractivity contribution is 0.216. The van der Waals surface area contributed by atoms with Crippen LogP contribution in [0.5, 0.6) is 5.75 Å². The summed E-state index contributed by atoms with van der Waals surface area (Å²) in [5.74, 6) is 1.21. The van der Waals surface area contributed by atoms with Gasteiger partial charge >= 0.3 is 0 Å². The van der Waals surface area contributed by atoms with Gasteiger partial charge in [0.2, 0.25) is 0 Å². The molecule has 3 rings (SSSR count). The maximum absolute atomic E-state index is 13.1. The third-order valence-corrected chi connectivity index (χ3v) is 5.95. The summed E-state index contributed by atoms with van der Waals surface area (Å²) < 4.78 is 8.78. The van der Waals surface area contributed by atoms with E-state index in [4.69, 9.17) is 16.3 Å². The molecular weight excluding hydrogens is 534 g/mol. The van der Waals surface area contributed by atoms with Gasteiger partial charge in [0.1, 0.15) is 5.82 Å². The Bertz CT molecular complexity index is 1150. The van der Waals surface area contributed by atoms with Crippen LogP contribution in [0.2, 0.25) is 5.02 Å². The number of ether oxygens (including phenoxy) is 1. The molecule has 0 saturated carbocycles. The summed E-state index contributed by atoms with van der Waals surface area (Å²) in [6, 6.07) is 9.08. The minimum absolute atomic E-state index is 0.0181. The van der Waals surface area contributed by atoms with E-state index in [-0.39, 0.29) is 17.6 Å². The highest BCUT2D eigenvalue weighted by Gasteiger charge is 2.15. The van der Waals surface area contributed by atoms with Crippen molar-refractivity contribution in [1.82, 2.24) is 9.66 Å². The third kappa shape index (κ3) is 4.95. The van der Waals surface area contributed by atoms with Gasteiger partial charge < -0.3 is 4.74 Å². The molecule has 1 aromatic heterocycles. The predicted molar refractivity (Wildman–Crippen MR) is 130 cm³/mol. The molecule has 0 unspecified atom stereocenters. The van der Waals surface area contributed by atoms with Crippen LogP contribution in [-0.2, 0) is 0 Å². The molecule has 0 spiro atoms. The van der Waals surface area contributed by atoms with Crippen molar-refractivity contribution in [2.45, 2.75) is 46.1 Å². The summed E-state index contributed by atoms with van der Waals surface area (Å²) in [4.78, 5) is 17.8.